The minimum absolute atomic E-state index is 0.0495. The molecule has 0 spiro atoms. The lowest BCUT2D eigenvalue weighted by atomic mass is 10.2. The summed E-state index contributed by atoms with van der Waals surface area (Å²) < 4.78 is 59.1. The van der Waals surface area contributed by atoms with Gasteiger partial charge in [-0.15, -0.1) is 0 Å². The lowest BCUT2D eigenvalue weighted by Gasteiger charge is -2.33. The van der Waals surface area contributed by atoms with Crippen LogP contribution in [0.1, 0.15) is 10.6 Å². The van der Waals surface area contributed by atoms with Crippen LogP contribution in [0.2, 0.25) is 0 Å². The highest BCUT2D eigenvalue weighted by molar-refractivity contribution is 7.89. The van der Waals surface area contributed by atoms with Gasteiger partial charge in [-0.25, -0.2) is 17.2 Å². The Bertz CT molecular complexity index is 1170. The molecule has 30 heavy (non-hydrogen) atoms. The molecule has 0 atom stereocenters. The first-order valence-electron chi connectivity index (χ1n) is 9.26. The summed E-state index contributed by atoms with van der Waals surface area (Å²) in [6.45, 7) is 0.403. The first kappa shape index (κ1) is 20.2. The van der Waals surface area contributed by atoms with Crippen LogP contribution in [-0.2, 0) is 10.0 Å². The number of rotatable bonds is 4. The molecule has 1 aliphatic rings. The second kappa shape index (κ2) is 8.00. The highest BCUT2D eigenvalue weighted by Crippen LogP contribution is 2.24. The van der Waals surface area contributed by atoms with Gasteiger partial charge in [0, 0.05) is 31.7 Å². The van der Waals surface area contributed by atoms with E-state index in [1.165, 1.54) is 45.6 Å². The van der Waals surface area contributed by atoms with Gasteiger partial charge in [0.15, 0.2) is 5.76 Å². The fourth-order valence-corrected chi connectivity index (χ4v) is 4.79. The van der Waals surface area contributed by atoms with Crippen LogP contribution in [-0.4, -0.2) is 49.7 Å². The Kier molecular flexibility index (Phi) is 5.40. The number of hydrogen-bond acceptors (Lipinski definition) is 4. The van der Waals surface area contributed by atoms with Crippen molar-refractivity contribution >= 4 is 15.9 Å². The van der Waals surface area contributed by atoms with Gasteiger partial charge in [0.2, 0.25) is 10.0 Å². The van der Waals surface area contributed by atoms with Crippen molar-refractivity contribution in [3.05, 3.63) is 78.1 Å². The Labute approximate surface area is 172 Å². The number of furan rings is 1. The lowest BCUT2D eigenvalue weighted by Crippen LogP contribution is -2.50. The highest BCUT2D eigenvalue weighted by atomic mass is 32.2. The Balaban J connectivity index is 1.44. The van der Waals surface area contributed by atoms with Crippen LogP contribution in [0.3, 0.4) is 0 Å². The van der Waals surface area contributed by atoms with Crippen LogP contribution >= 0.6 is 0 Å². The number of benzene rings is 2. The molecule has 0 radical (unpaired) electrons. The molecule has 3 aromatic rings. The van der Waals surface area contributed by atoms with Crippen LogP contribution < -0.4 is 0 Å². The van der Waals surface area contributed by atoms with Crippen LogP contribution in [0.5, 0.6) is 0 Å². The Morgan fingerprint density at radius 2 is 1.53 bits per heavy atom. The molecule has 0 N–H and O–H groups in total. The normalized spacial score (nSPS) is 15.3. The SMILES string of the molecule is O=C(c1ccc(-c2ccc(F)cc2)o1)N1CCN(S(=O)(=O)c2ccccc2F)CC1. The van der Waals surface area contributed by atoms with Gasteiger partial charge in [0.25, 0.3) is 5.91 Å². The van der Waals surface area contributed by atoms with Gasteiger partial charge in [-0.2, -0.15) is 4.31 Å². The largest absolute Gasteiger partial charge is 0.451 e. The van der Waals surface area contributed by atoms with Gasteiger partial charge in [-0.3, -0.25) is 4.79 Å². The van der Waals surface area contributed by atoms with E-state index < -0.39 is 15.8 Å². The van der Waals surface area contributed by atoms with Crippen molar-refractivity contribution < 1.29 is 26.4 Å². The summed E-state index contributed by atoms with van der Waals surface area (Å²) in [4.78, 5) is 13.8. The average molecular weight is 432 g/mol. The molecule has 0 unspecified atom stereocenters. The van der Waals surface area contributed by atoms with Crippen molar-refractivity contribution in [3.63, 3.8) is 0 Å². The summed E-state index contributed by atoms with van der Waals surface area (Å²) in [5.74, 6) is -1.00. The monoisotopic (exact) mass is 432 g/mol. The van der Waals surface area contributed by atoms with E-state index in [0.717, 1.165) is 6.07 Å². The van der Waals surface area contributed by atoms with Crippen molar-refractivity contribution in [2.75, 3.05) is 26.2 Å². The summed E-state index contributed by atoms with van der Waals surface area (Å²) in [6.07, 6.45) is 0. The number of piperazine rings is 1. The van der Waals surface area contributed by atoms with E-state index in [2.05, 4.69) is 0 Å². The molecular formula is C21H18F2N2O4S. The molecule has 156 valence electrons. The zero-order valence-electron chi connectivity index (χ0n) is 15.8. The number of hydrogen-bond donors (Lipinski definition) is 0. The van der Waals surface area contributed by atoms with Crippen molar-refractivity contribution in [1.29, 1.82) is 0 Å². The first-order valence-corrected chi connectivity index (χ1v) is 10.7. The van der Waals surface area contributed by atoms with E-state index in [9.17, 15) is 22.0 Å². The van der Waals surface area contributed by atoms with Gasteiger partial charge in [-0.05, 0) is 48.5 Å². The summed E-state index contributed by atoms with van der Waals surface area (Å²) in [6, 6.07) is 14.1. The molecule has 9 heteroatoms. The molecule has 1 amide bonds. The van der Waals surface area contributed by atoms with Crippen molar-refractivity contribution in [1.82, 2.24) is 9.21 Å². The summed E-state index contributed by atoms with van der Waals surface area (Å²) >= 11 is 0. The van der Waals surface area contributed by atoms with Crippen LogP contribution in [0.15, 0.2) is 70.0 Å². The Hall–Kier alpha value is -3.04. The molecule has 4 rings (SSSR count). The van der Waals surface area contributed by atoms with Crippen LogP contribution in [0.4, 0.5) is 8.78 Å². The topological polar surface area (TPSA) is 70.8 Å². The minimum Gasteiger partial charge on any atom is -0.451 e. The van der Waals surface area contributed by atoms with Gasteiger partial charge >= 0.3 is 0 Å². The molecule has 1 aliphatic heterocycles. The summed E-state index contributed by atoms with van der Waals surface area (Å²) in [5, 5.41) is 0. The number of sulfonamides is 1. The number of amides is 1. The summed E-state index contributed by atoms with van der Waals surface area (Å²) in [7, 11) is -3.98. The second-order valence-corrected chi connectivity index (χ2v) is 8.70. The number of carbonyl (C=O) groups excluding carboxylic acids is 1. The molecule has 2 aromatic carbocycles. The van der Waals surface area contributed by atoms with E-state index in [4.69, 9.17) is 4.42 Å². The molecule has 0 aliphatic carbocycles. The Morgan fingerprint density at radius 3 is 2.20 bits per heavy atom. The van der Waals surface area contributed by atoms with E-state index in [1.54, 1.807) is 18.2 Å². The molecule has 6 nitrogen and oxygen atoms in total. The van der Waals surface area contributed by atoms with Crippen molar-refractivity contribution in [2.24, 2.45) is 0 Å². The molecule has 1 saturated heterocycles. The summed E-state index contributed by atoms with van der Waals surface area (Å²) in [5.41, 5.74) is 0.635. The Morgan fingerprint density at radius 1 is 0.867 bits per heavy atom. The number of halogens is 2. The van der Waals surface area contributed by atoms with Crippen LogP contribution in [0.25, 0.3) is 11.3 Å². The van der Waals surface area contributed by atoms with Gasteiger partial charge in [0.1, 0.15) is 22.3 Å². The standard InChI is InChI=1S/C21H18F2N2O4S/c22-16-7-5-15(6-8-16)18-9-10-19(29-18)21(26)24-11-13-25(14-12-24)30(27,28)20-4-2-1-3-17(20)23/h1-10H,11-14H2. The molecule has 0 saturated carbocycles. The maximum absolute atomic E-state index is 13.9. The molecule has 2 heterocycles. The number of nitrogens with zero attached hydrogens (tertiary/aromatic N) is 2. The minimum atomic E-state index is -3.98. The lowest BCUT2D eigenvalue weighted by molar-refractivity contribution is 0.0666. The number of carbonyl (C=O) groups is 1. The smallest absolute Gasteiger partial charge is 0.289 e. The highest BCUT2D eigenvalue weighted by Gasteiger charge is 2.32. The average Bonchev–Trinajstić information content (AvgIpc) is 3.24. The van der Waals surface area contributed by atoms with Crippen molar-refractivity contribution in [2.45, 2.75) is 4.90 Å². The van der Waals surface area contributed by atoms with Gasteiger partial charge in [0.05, 0.1) is 0 Å². The van der Waals surface area contributed by atoms with Gasteiger partial charge < -0.3 is 9.32 Å². The van der Waals surface area contributed by atoms with E-state index in [-0.39, 0.29) is 48.6 Å². The predicted octanol–water partition coefficient (Wildman–Crippen LogP) is 3.37. The first-order chi connectivity index (χ1) is 14.4. The second-order valence-electron chi connectivity index (χ2n) is 6.80. The molecule has 1 fully saturated rings. The maximum Gasteiger partial charge on any atom is 0.289 e. The third kappa shape index (κ3) is 3.86. The zero-order valence-corrected chi connectivity index (χ0v) is 16.6. The van der Waals surface area contributed by atoms with E-state index in [0.29, 0.717) is 11.3 Å². The van der Waals surface area contributed by atoms with Gasteiger partial charge in [-0.1, -0.05) is 12.1 Å². The van der Waals surface area contributed by atoms with Crippen LogP contribution in [0, 0.1) is 11.6 Å². The predicted molar refractivity (Wildman–Crippen MR) is 105 cm³/mol. The van der Waals surface area contributed by atoms with E-state index in [1.807, 2.05) is 0 Å². The fraction of sp³-hybridized carbons (Fsp3) is 0.190. The third-order valence-corrected chi connectivity index (χ3v) is 6.86. The molecule has 0 bridgehead atoms. The van der Waals surface area contributed by atoms with Crippen molar-refractivity contribution in [3.8, 4) is 11.3 Å². The third-order valence-electron chi connectivity index (χ3n) is 4.93. The maximum atomic E-state index is 13.9. The van der Waals surface area contributed by atoms with E-state index >= 15 is 0 Å². The zero-order chi connectivity index (χ0) is 21.3. The quantitative estimate of drug-likeness (QED) is 0.634. The fourth-order valence-electron chi connectivity index (χ4n) is 3.30. The molecule has 1 aromatic heterocycles. The molecular weight excluding hydrogens is 414 g/mol.